The van der Waals surface area contributed by atoms with Crippen LogP contribution < -0.4 is 207 Å². The molecular formula is C33H33B3Na6O15. The maximum absolute atomic E-state index is 11.1. The van der Waals surface area contributed by atoms with E-state index >= 15 is 0 Å². The Balaban J connectivity index is 0.000000406. The van der Waals surface area contributed by atoms with Gasteiger partial charge in [-0.05, 0) is 71.9 Å². The van der Waals surface area contributed by atoms with E-state index in [9.17, 15) is 59.8 Å². The van der Waals surface area contributed by atoms with E-state index in [4.69, 9.17) is 14.0 Å². The van der Waals surface area contributed by atoms with E-state index in [0.29, 0.717) is 36.0 Å². The number of carbonyl (C=O) groups excluding carboxylic acids is 3. The molecule has 3 aromatic carbocycles. The SMILES string of the molecule is Cc1ccc2c(c1C(=O)[O-])O[B-](O)(O)C1CC21.Cc1ccc2c(c1C(=O)[O-])O[B-](O)(O)[C@@H]1C[C@H]21.Cc1ccc2c(c1C(=O)[O-])O[B-](O)(O)[C@H]1C[C@@H]21.[Na+].[Na+].[Na+].[Na+].[Na+].[Na+]. The van der Waals surface area contributed by atoms with Gasteiger partial charge in [0.25, 0.3) is 0 Å². The van der Waals surface area contributed by atoms with E-state index in [1.807, 2.05) is 0 Å². The molecule has 9 rings (SSSR count). The second-order valence-corrected chi connectivity index (χ2v) is 14.5. The summed E-state index contributed by atoms with van der Waals surface area (Å²) in [5, 5.41) is 91.5. The number of carboxylic acids is 3. The topological polar surface area (TPSA) is 269 Å². The molecule has 0 amide bonds. The summed E-state index contributed by atoms with van der Waals surface area (Å²) in [7, 11) is 0. The molecule has 2 unspecified atom stereocenters. The quantitative estimate of drug-likeness (QED) is 0.134. The zero-order valence-electron chi connectivity index (χ0n) is 33.6. The normalized spacial score (nSPS) is 24.8. The van der Waals surface area contributed by atoms with Crippen LogP contribution in [0.2, 0.25) is 17.5 Å². The Morgan fingerprint density at radius 1 is 0.474 bits per heavy atom. The van der Waals surface area contributed by atoms with Gasteiger partial charge in [0.1, 0.15) is 0 Å². The Kier molecular flexibility index (Phi) is 20.3. The van der Waals surface area contributed by atoms with Crippen molar-refractivity contribution in [2.45, 2.75) is 75.2 Å². The predicted octanol–water partition coefficient (Wildman–Crippen LogP) is -19.4. The molecule has 0 bridgehead atoms. The minimum Gasteiger partial charge on any atom is -0.669 e. The van der Waals surface area contributed by atoms with Crippen molar-refractivity contribution < 1.29 is 251 Å². The van der Waals surface area contributed by atoms with Gasteiger partial charge >= 0.3 is 198 Å². The van der Waals surface area contributed by atoms with Crippen LogP contribution in [0.3, 0.4) is 0 Å². The van der Waals surface area contributed by atoms with Crippen LogP contribution in [-0.2, 0) is 0 Å². The van der Waals surface area contributed by atoms with Gasteiger partial charge in [-0.25, -0.2) is 0 Å². The van der Waals surface area contributed by atoms with E-state index < -0.39 is 38.2 Å². The zero-order valence-corrected chi connectivity index (χ0v) is 45.6. The number of fused-ring (bicyclic) bond motifs is 9. The van der Waals surface area contributed by atoms with Crippen molar-refractivity contribution in [2.75, 3.05) is 0 Å². The van der Waals surface area contributed by atoms with E-state index in [1.165, 1.54) is 0 Å². The fraction of sp³-hybridized carbons (Fsp3) is 0.364. The fourth-order valence-electron chi connectivity index (χ4n) is 8.05. The van der Waals surface area contributed by atoms with E-state index in [1.54, 1.807) is 57.2 Å². The molecule has 0 radical (unpaired) electrons. The van der Waals surface area contributed by atoms with Crippen LogP contribution in [0.25, 0.3) is 0 Å². The predicted molar refractivity (Wildman–Crippen MR) is 172 cm³/mol. The Labute approximate surface area is 461 Å². The van der Waals surface area contributed by atoms with Crippen molar-refractivity contribution in [1.82, 2.24) is 0 Å². The summed E-state index contributed by atoms with van der Waals surface area (Å²) < 4.78 is 15.3. The number of hydrogen-bond acceptors (Lipinski definition) is 15. The van der Waals surface area contributed by atoms with Crippen LogP contribution in [0, 0.1) is 20.8 Å². The van der Waals surface area contributed by atoms with Gasteiger partial charge in [-0.1, -0.05) is 73.1 Å². The first-order valence-corrected chi connectivity index (χ1v) is 16.6. The molecular weight excluding hydrogens is 807 g/mol. The van der Waals surface area contributed by atoms with Gasteiger partial charge in [-0.3, -0.25) is 0 Å². The van der Waals surface area contributed by atoms with E-state index in [-0.39, 0.29) is 246 Å². The molecule has 3 aromatic rings. The summed E-state index contributed by atoms with van der Waals surface area (Å²) in [5.41, 5.74) is 3.45. The van der Waals surface area contributed by atoms with Crippen LogP contribution in [0.5, 0.6) is 17.2 Å². The number of aromatic carboxylic acids is 3. The first-order chi connectivity index (χ1) is 23.7. The van der Waals surface area contributed by atoms with Crippen molar-refractivity contribution in [1.29, 1.82) is 0 Å². The molecule has 15 nitrogen and oxygen atoms in total. The Morgan fingerprint density at radius 2 is 0.684 bits per heavy atom. The van der Waals surface area contributed by atoms with Crippen molar-refractivity contribution in [2.24, 2.45) is 0 Å². The summed E-state index contributed by atoms with van der Waals surface area (Å²) >= 11 is 0. The Bertz CT molecular complexity index is 1830. The van der Waals surface area contributed by atoms with Crippen LogP contribution in [0.15, 0.2) is 36.4 Å². The third-order valence-corrected chi connectivity index (χ3v) is 11.1. The van der Waals surface area contributed by atoms with Crippen molar-refractivity contribution in [3.8, 4) is 17.2 Å². The van der Waals surface area contributed by atoms with Gasteiger partial charge in [0, 0.05) is 16.7 Å². The smallest absolute Gasteiger partial charge is 0.669 e. The summed E-state index contributed by atoms with van der Waals surface area (Å²) in [6.45, 7) is -3.96. The molecule has 6 atom stereocenters. The molecule has 0 aromatic heterocycles. The second-order valence-electron chi connectivity index (χ2n) is 14.5. The van der Waals surface area contributed by atoms with Gasteiger partial charge in [-0.2, -0.15) is 0 Å². The van der Waals surface area contributed by atoms with Crippen LogP contribution in [0.4, 0.5) is 0 Å². The standard InChI is InChI=1S/3C11H12BO5.6Na/c3*1-5-2-3-6-7-4-8(7)12(15,16)17-10(6)9(5)11(13)14;;;;;;/h3*2-3,7-8,15-16H,4H2,1H3,(H,13,14);;;;;;/q3*-1;6*+1/p-3/t2*7-,8-;;;;;;;/m10......./s1. The number of hydrogen-bond donors (Lipinski definition) is 6. The summed E-state index contributed by atoms with van der Waals surface area (Å²) in [6, 6.07) is 10.4. The first kappa shape index (κ1) is 56.4. The summed E-state index contributed by atoms with van der Waals surface area (Å²) in [6.07, 6.45) is 1.86. The largest absolute Gasteiger partial charge is 1.00 e. The molecule has 270 valence electrons. The minimum atomic E-state index is -2.94. The minimum absolute atomic E-state index is 0. The molecule has 3 heterocycles. The molecule has 6 aliphatic rings. The zero-order chi connectivity index (χ0) is 37.1. The molecule has 3 aliphatic heterocycles. The summed E-state index contributed by atoms with van der Waals surface area (Å²) in [4.78, 5) is 33.2. The number of carbonyl (C=O) groups is 3. The number of aryl methyl sites for hydroxylation is 3. The first-order valence-electron chi connectivity index (χ1n) is 16.6. The summed E-state index contributed by atoms with van der Waals surface area (Å²) in [5.74, 6) is -4.82. The van der Waals surface area contributed by atoms with E-state index in [0.717, 1.165) is 16.7 Å². The van der Waals surface area contributed by atoms with Crippen LogP contribution in [0.1, 0.15) is 101 Å². The fourth-order valence-corrected chi connectivity index (χ4v) is 8.05. The third-order valence-electron chi connectivity index (χ3n) is 11.1. The second kappa shape index (κ2) is 20.5. The Hall–Kier alpha value is 1.42. The molecule has 57 heavy (non-hydrogen) atoms. The molecule has 0 saturated heterocycles. The van der Waals surface area contributed by atoms with Crippen LogP contribution in [-0.4, -0.2) is 68.3 Å². The van der Waals surface area contributed by atoms with Crippen LogP contribution >= 0.6 is 0 Å². The molecule has 3 saturated carbocycles. The number of carboxylic acid groups (broad SMARTS) is 3. The van der Waals surface area contributed by atoms with Crippen molar-refractivity contribution >= 4 is 38.2 Å². The maximum atomic E-state index is 11.1. The molecule has 0 spiro atoms. The molecule has 6 N–H and O–H groups in total. The average molecular weight is 840 g/mol. The molecule has 24 heteroatoms. The molecule has 3 aliphatic carbocycles. The van der Waals surface area contributed by atoms with Crippen molar-refractivity contribution in [3.05, 3.63) is 86.5 Å². The van der Waals surface area contributed by atoms with Gasteiger partial charge < -0.3 is 73.8 Å². The van der Waals surface area contributed by atoms with Gasteiger partial charge in [0.15, 0.2) is 0 Å². The van der Waals surface area contributed by atoms with E-state index in [2.05, 4.69) is 0 Å². The third kappa shape index (κ3) is 10.9. The molecule has 3 fully saturated rings. The van der Waals surface area contributed by atoms with Gasteiger partial charge in [-0.15, -0.1) is 0 Å². The average Bonchev–Trinajstić information content (AvgIpc) is 3.86. The maximum Gasteiger partial charge on any atom is 1.00 e. The van der Waals surface area contributed by atoms with Crippen molar-refractivity contribution in [3.63, 3.8) is 0 Å². The van der Waals surface area contributed by atoms with Gasteiger partial charge in [0.05, 0.1) is 35.2 Å². The van der Waals surface area contributed by atoms with Gasteiger partial charge in [0.2, 0.25) is 0 Å². The monoisotopic (exact) mass is 840 g/mol. The number of benzene rings is 3. The number of rotatable bonds is 3. The Morgan fingerprint density at radius 3 is 0.877 bits per heavy atom.